The number of ketones is 1. The van der Waals surface area contributed by atoms with Crippen LogP contribution in [-0.4, -0.2) is 45.1 Å². The predicted molar refractivity (Wildman–Crippen MR) is 140 cm³/mol. The van der Waals surface area contributed by atoms with Gasteiger partial charge in [0.2, 0.25) is 0 Å². The molecule has 0 bridgehead atoms. The van der Waals surface area contributed by atoms with Crippen molar-refractivity contribution in [3.8, 4) is 5.69 Å². The number of benzene rings is 2. The Kier molecular flexibility index (Phi) is 6.71. The summed E-state index contributed by atoms with van der Waals surface area (Å²) in [5.74, 6) is -1.36. The van der Waals surface area contributed by atoms with Crippen LogP contribution in [-0.2, 0) is 9.59 Å². The van der Waals surface area contributed by atoms with Crippen LogP contribution in [0.25, 0.3) is 22.7 Å². The normalized spacial score (nSPS) is 13.7. The van der Waals surface area contributed by atoms with Gasteiger partial charge in [-0.2, -0.15) is 0 Å². The van der Waals surface area contributed by atoms with Crippen molar-refractivity contribution in [1.29, 1.82) is 0 Å². The van der Waals surface area contributed by atoms with Crippen LogP contribution >= 0.6 is 0 Å². The maximum absolute atomic E-state index is 12.8. The molecule has 0 radical (unpaired) electrons. The van der Waals surface area contributed by atoms with Gasteiger partial charge in [-0.1, -0.05) is 18.2 Å². The van der Waals surface area contributed by atoms with Gasteiger partial charge in [-0.3, -0.25) is 14.4 Å². The minimum absolute atomic E-state index is 0.185. The van der Waals surface area contributed by atoms with Crippen molar-refractivity contribution >= 4 is 40.3 Å². The van der Waals surface area contributed by atoms with Crippen molar-refractivity contribution in [2.24, 2.45) is 0 Å². The maximum atomic E-state index is 12.8. The number of rotatable bonds is 5. The fraction of sp³-hybridized carbons (Fsp3) is 0.172. The molecule has 1 saturated heterocycles. The van der Waals surface area contributed by atoms with Crippen LogP contribution in [0, 0.1) is 0 Å². The molecule has 0 saturated carbocycles. The third-order valence-electron chi connectivity index (χ3n) is 6.27. The van der Waals surface area contributed by atoms with Gasteiger partial charge in [0, 0.05) is 42.1 Å². The van der Waals surface area contributed by atoms with Crippen LogP contribution < -0.4 is 5.32 Å². The van der Waals surface area contributed by atoms with E-state index in [-0.39, 0.29) is 5.78 Å². The van der Waals surface area contributed by atoms with Crippen molar-refractivity contribution in [3.63, 3.8) is 0 Å². The highest BCUT2D eigenvalue weighted by Crippen LogP contribution is 2.23. The Bertz CT molecular complexity index is 1430. The standard InChI is InChI=1S/C29H26N4O3/c34-27(21-10-12-22(13-11-21)31-28(35)29(36)33-18-4-1-5-19-33)15-14-23-20-26(32-16-6-7-17-32)24-8-2-3-9-25(24)30-23/h2-3,6-17,20H,1,4-5,18-19H2,(H,31,35). The lowest BCUT2D eigenvalue weighted by Gasteiger charge is -2.25. The highest BCUT2D eigenvalue weighted by molar-refractivity contribution is 6.39. The molecule has 5 rings (SSSR count). The summed E-state index contributed by atoms with van der Waals surface area (Å²) in [5.41, 5.74) is 3.44. The Hall–Kier alpha value is -4.52. The smallest absolute Gasteiger partial charge is 0.313 e. The number of para-hydroxylation sites is 1. The average Bonchev–Trinajstić information content (AvgIpc) is 3.46. The quantitative estimate of drug-likeness (QED) is 0.252. The molecule has 1 aliphatic rings. The summed E-state index contributed by atoms with van der Waals surface area (Å²) in [6.07, 6.45) is 10.1. The van der Waals surface area contributed by atoms with Crippen molar-refractivity contribution in [3.05, 3.63) is 96.5 Å². The number of hydrogen-bond acceptors (Lipinski definition) is 4. The summed E-state index contributed by atoms with van der Waals surface area (Å²) in [7, 11) is 0. The van der Waals surface area contributed by atoms with E-state index in [4.69, 9.17) is 0 Å². The van der Waals surface area contributed by atoms with Gasteiger partial charge in [0.15, 0.2) is 5.78 Å². The molecule has 7 heteroatoms. The van der Waals surface area contributed by atoms with Gasteiger partial charge in [-0.25, -0.2) is 4.98 Å². The summed E-state index contributed by atoms with van der Waals surface area (Å²) in [4.78, 5) is 43.7. The number of allylic oxidation sites excluding steroid dienone is 1. The van der Waals surface area contributed by atoms with Crippen molar-refractivity contribution in [2.45, 2.75) is 19.3 Å². The van der Waals surface area contributed by atoms with Crippen molar-refractivity contribution in [2.75, 3.05) is 18.4 Å². The number of fused-ring (bicyclic) bond motifs is 1. The molecule has 36 heavy (non-hydrogen) atoms. The largest absolute Gasteiger partial charge is 0.334 e. The molecule has 2 amide bonds. The fourth-order valence-corrected chi connectivity index (χ4v) is 4.37. The van der Waals surface area contributed by atoms with E-state index >= 15 is 0 Å². The minimum Gasteiger partial charge on any atom is -0.334 e. The first-order chi connectivity index (χ1) is 17.6. The Balaban J connectivity index is 1.28. The van der Waals surface area contributed by atoms with E-state index in [1.165, 1.54) is 6.08 Å². The summed E-state index contributed by atoms with van der Waals surface area (Å²) in [6, 6.07) is 20.3. The number of nitrogens with zero attached hydrogens (tertiary/aromatic N) is 3. The fourth-order valence-electron chi connectivity index (χ4n) is 4.37. The molecule has 2 aromatic carbocycles. The zero-order valence-corrected chi connectivity index (χ0v) is 19.8. The monoisotopic (exact) mass is 478 g/mol. The number of nitrogens with one attached hydrogen (secondary N) is 1. The lowest BCUT2D eigenvalue weighted by molar-refractivity contribution is -0.143. The maximum Gasteiger partial charge on any atom is 0.313 e. The van der Waals surface area contributed by atoms with E-state index < -0.39 is 11.8 Å². The van der Waals surface area contributed by atoms with Gasteiger partial charge in [0.05, 0.1) is 16.9 Å². The van der Waals surface area contributed by atoms with E-state index in [1.54, 1.807) is 35.2 Å². The molecule has 1 N–H and O–H groups in total. The van der Waals surface area contributed by atoms with Gasteiger partial charge >= 0.3 is 11.8 Å². The average molecular weight is 479 g/mol. The molecule has 0 spiro atoms. The second-order valence-electron chi connectivity index (χ2n) is 8.76. The molecular formula is C29H26N4O3. The molecule has 0 aliphatic carbocycles. The molecule has 1 fully saturated rings. The number of aromatic nitrogens is 2. The van der Waals surface area contributed by atoms with E-state index in [2.05, 4.69) is 10.3 Å². The number of anilines is 1. The molecule has 180 valence electrons. The van der Waals surface area contributed by atoms with Crippen molar-refractivity contribution < 1.29 is 14.4 Å². The molecule has 3 heterocycles. The van der Waals surface area contributed by atoms with Gasteiger partial charge in [0.25, 0.3) is 0 Å². The van der Waals surface area contributed by atoms with E-state index in [0.29, 0.717) is 30.0 Å². The first-order valence-corrected chi connectivity index (χ1v) is 12.0. The van der Waals surface area contributed by atoms with E-state index in [9.17, 15) is 14.4 Å². The number of carbonyl (C=O) groups is 3. The molecule has 7 nitrogen and oxygen atoms in total. The number of carbonyl (C=O) groups excluding carboxylic acids is 3. The second-order valence-corrected chi connectivity index (χ2v) is 8.76. The SMILES string of the molecule is O=C(Nc1ccc(C(=O)C=Cc2cc(-n3cccc3)c3ccccc3n2)cc1)C(=O)N1CCCCC1. The molecular weight excluding hydrogens is 452 g/mol. The molecule has 2 aromatic heterocycles. The Morgan fingerprint density at radius 3 is 2.33 bits per heavy atom. The molecule has 0 atom stereocenters. The zero-order chi connectivity index (χ0) is 24.9. The molecule has 0 unspecified atom stereocenters. The third-order valence-corrected chi connectivity index (χ3v) is 6.27. The topological polar surface area (TPSA) is 84.3 Å². The first-order valence-electron chi connectivity index (χ1n) is 12.0. The van der Waals surface area contributed by atoms with Crippen LogP contribution in [0.2, 0.25) is 0 Å². The van der Waals surface area contributed by atoms with Crippen LogP contribution in [0.3, 0.4) is 0 Å². The Morgan fingerprint density at radius 1 is 0.861 bits per heavy atom. The summed E-state index contributed by atoms with van der Waals surface area (Å²) >= 11 is 0. The number of amides is 2. The van der Waals surface area contributed by atoms with E-state index in [0.717, 1.165) is 35.9 Å². The van der Waals surface area contributed by atoms with Gasteiger partial charge in [-0.05, 0) is 79.9 Å². The molecule has 4 aromatic rings. The van der Waals surface area contributed by atoms with Gasteiger partial charge in [-0.15, -0.1) is 0 Å². The summed E-state index contributed by atoms with van der Waals surface area (Å²) in [6.45, 7) is 1.23. The minimum atomic E-state index is -0.656. The first kappa shape index (κ1) is 23.2. The van der Waals surface area contributed by atoms with E-state index in [1.807, 2.05) is 59.4 Å². The highest BCUT2D eigenvalue weighted by atomic mass is 16.2. The summed E-state index contributed by atoms with van der Waals surface area (Å²) in [5, 5.41) is 3.65. The van der Waals surface area contributed by atoms with Crippen molar-refractivity contribution in [1.82, 2.24) is 14.5 Å². The zero-order valence-electron chi connectivity index (χ0n) is 19.8. The van der Waals surface area contributed by atoms with Crippen LogP contribution in [0.4, 0.5) is 5.69 Å². The summed E-state index contributed by atoms with van der Waals surface area (Å²) < 4.78 is 2.02. The number of likely N-dealkylation sites (tertiary alicyclic amines) is 1. The number of piperidine rings is 1. The van der Waals surface area contributed by atoms with Crippen LogP contribution in [0.5, 0.6) is 0 Å². The van der Waals surface area contributed by atoms with Crippen LogP contribution in [0.1, 0.15) is 35.3 Å². The Labute approximate surface area is 209 Å². The Morgan fingerprint density at radius 2 is 1.58 bits per heavy atom. The van der Waals surface area contributed by atoms with Gasteiger partial charge in [0.1, 0.15) is 0 Å². The predicted octanol–water partition coefficient (Wildman–Crippen LogP) is 4.87. The van der Waals surface area contributed by atoms with Gasteiger partial charge < -0.3 is 14.8 Å². The second kappa shape index (κ2) is 10.4. The lowest BCUT2D eigenvalue weighted by atomic mass is 10.1. The molecule has 1 aliphatic heterocycles. The van der Waals surface area contributed by atoms with Crippen LogP contribution in [0.15, 0.2) is 85.2 Å². The number of pyridine rings is 1. The lowest BCUT2D eigenvalue weighted by Crippen LogP contribution is -2.42. The third kappa shape index (κ3) is 5.10. The number of hydrogen-bond donors (Lipinski definition) is 1. The highest BCUT2D eigenvalue weighted by Gasteiger charge is 2.23.